The summed E-state index contributed by atoms with van der Waals surface area (Å²) in [5.41, 5.74) is 3.05. The van der Waals surface area contributed by atoms with Crippen LogP contribution in [0.2, 0.25) is 0 Å². The van der Waals surface area contributed by atoms with Gasteiger partial charge in [0.1, 0.15) is 12.4 Å². The fourth-order valence-electron chi connectivity index (χ4n) is 2.84. The van der Waals surface area contributed by atoms with Crippen LogP contribution in [0.4, 0.5) is 14.9 Å². The van der Waals surface area contributed by atoms with Crippen molar-refractivity contribution in [2.45, 2.75) is 26.1 Å². The zero-order chi connectivity index (χ0) is 17.8. The highest BCUT2D eigenvalue weighted by atomic mass is 19.1. The van der Waals surface area contributed by atoms with E-state index < -0.39 is 5.82 Å². The molecule has 6 heteroatoms. The van der Waals surface area contributed by atoms with Gasteiger partial charge in [-0.3, -0.25) is 4.90 Å². The summed E-state index contributed by atoms with van der Waals surface area (Å²) in [6, 6.07) is 12.5. The normalized spacial score (nSPS) is 15.3. The highest BCUT2D eigenvalue weighted by Crippen LogP contribution is 2.23. The predicted molar refractivity (Wildman–Crippen MR) is 92.7 cm³/mol. The zero-order valence-corrected chi connectivity index (χ0v) is 14.0. The summed E-state index contributed by atoms with van der Waals surface area (Å²) in [5.74, 6) is -0.399. The van der Waals surface area contributed by atoms with Gasteiger partial charge in [-0.2, -0.15) is 0 Å². The summed E-state index contributed by atoms with van der Waals surface area (Å²) < 4.78 is 18.4. The summed E-state index contributed by atoms with van der Waals surface area (Å²) in [5, 5.41) is 12.5. The Morgan fingerprint density at radius 2 is 2.16 bits per heavy atom. The molecule has 25 heavy (non-hydrogen) atoms. The van der Waals surface area contributed by atoms with Gasteiger partial charge in [-0.25, -0.2) is 9.18 Å². The Kier molecular flexibility index (Phi) is 5.31. The van der Waals surface area contributed by atoms with Crippen LogP contribution in [-0.4, -0.2) is 24.4 Å². The van der Waals surface area contributed by atoms with Crippen LogP contribution < -0.4 is 10.2 Å². The number of anilines is 1. The van der Waals surface area contributed by atoms with Crippen LogP contribution in [0.15, 0.2) is 42.5 Å². The van der Waals surface area contributed by atoms with Gasteiger partial charge in [0.05, 0.1) is 13.2 Å². The van der Waals surface area contributed by atoms with Crippen molar-refractivity contribution in [2.24, 2.45) is 0 Å². The first-order valence-corrected chi connectivity index (χ1v) is 8.24. The Morgan fingerprint density at radius 1 is 1.32 bits per heavy atom. The molecule has 0 bridgehead atoms. The van der Waals surface area contributed by atoms with Crippen LogP contribution in [0.25, 0.3) is 0 Å². The first-order valence-electron chi connectivity index (χ1n) is 8.24. The number of hydrogen-bond acceptors (Lipinski definition) is 4. The van der Waals surface area contributed by atoms with Crippen LogP contribution >= 0.6 is 0 Å². The van der Waals surface area contributed by atoms with Crippen molar-refractivity contribution in [3.8, 4) is 0 Å². The minimum Gasteiger partial charge on any atom is -0.447 e. The average Bonchev–Trinajstić information content (AvgIpc) is 3.07. The molecule has 0 aromatic heterocycles. The molecule has 132 valence electrons. The standard InChI is InChI=1S/C19H21FN2O3/c1-13(21-11-14-5-6-18(20)16(9-14)12-23)15-3-2-4-17(10-15)22-7-8-25-19(22)24/h2-6,9-10,13,21,23H,7-8,11-12H2,1H3/t13-/m0/s1. The fraction of sp³-hybridized carbons (Fsp3) is 0.316. The minimum atomic E-state index is -0.399. The third kappa shape index (κ3) is 3.97. The number of hydrogen-bond donors (Lipinski definition) is 2. The number of nitrogens with zero attached hydrogens (tertiary/aromatic N) is 1. The van der Waals surface area contributed by atoms with E-state index in [1.54, 1.807) is 17.0 Å². The zero-order valence-electron chi connectivity index (χ0n) is 14.0. The molecule has 1 fully saturated rings. The molecule has 2 N–H and O–H groups in total. The number of carbonyl (C=O) groups excluding carboxylic acids is 1. The second kappa shape index (κ2) is 7.63. The lowest BCUT2D eigenvalue weighted by Crippen LogP contribution is -2.24. The van der Waals surface area contributed by atoms with Crippen LogP contribution in [0.5, 0.6) is 0 Å². The highest BCUT2D eigenvalue weighted by Gasteiger charge is 2.23. The van der Waals surface area contributed by atoms with E-state index in [1.807, 2.05) is 31.2 Å². The topological polar surface area (TPSA) is 61.8 Å². The molecule has 5 nitrogen and oxygen atoms in total. The largest absolute Gasteiger partial charge is 0.447 e. The fourth-order valence-corrected chi connectivity index (χ4v) is 2.84. The third-order valence-corrected chi connectivity index (χ3v) is 4.34. The lowest BCUT2D eigenvalue weighted by molar-refractivity contribution is 0.181. The monoisotopic (exact) mass is 344 g/mol. The molecule has 0 radical (unpaired) electrons. The number of nitrogens with one attached hydrogen (secondary N) is 1. The summed E-state index contributed by atoms with van der Waals surface area (Å²) in [6.45, 7) is 3.23. The molecular formula is C19H21FN2O3. The van der Waals surface area contributed by atoms with Crippen LogP contribution in [0, 0.1) is 5.82 Å². The molecule has 2 aromatic carbocycles. The van der Waals surface area contributed by atoms with E-state index in [4.69, 9.17) is 9.84 Å². The van der Waals surface area contributed by atoms with Gasteiger partial charge in [0, 0.05) is 23.8 Å². The second-order valence-electron chi connectivity index (χ2n) is 6.05. The van der Waals surface area contributed by atoms with Crippen molar-refractivity contribution in [2.75, 3.05) is 18.1 Å². The predicted octanol–water partition coefficient (Wildman–Crippen LogP) is 3.13. The molecule has 3 rings (SSSR count). The quantitative estimate of drug-likeness (QED) is 0.845. The smallest absolute Gasteiger partial charge is 0.414 e. The number of cyclic esters (lactones) is 1. The Bertz CT molecular complexity index is 766. The SMILES string of the molecule is C[C@H](NCc1ccc(F)c(CO)c1)c1cccc(N2CCOC2=O)c1. The first kappa shape index (κ1) is 17.4. The molecule has 1 saturated heterocycles. The summed E-state index contributed by atoms with van der Waals surface area (Å²) in [4.78, 5) is 13.3. The van der Waals surface area contributed by atoms with Gasteiger partial charge in [0.25, 0.3) is 0 Å². The maximum Gasteiger partial charge on any atom is 0.414 e. The van der Waals surface area contributed by atoms with E-state index in [9.17, 15) is 9.18 Å². The number of aliphatic hydroxyl groups excluding tert-OH is 1. The van der Waals surface area contributed by atoms with Crippen molar-refractivity contribution in [1.82, 2.24) is 5.32 Å². The highest BCUT2D eigenvalue weighted by molar-refractivity contribution is 5.89. The summed E-state index contributed by atoms with van der Waals surface area (Å²) in [7, 11) is 0. The molecular weight excluding hydrogens is 323 g/mol. The van der Waals surface area contributed by atoms with Crippen molar-refractivity contribution < 1.29 is 19.0 Å². The van der Waals surface area contributed by atoms with Crippen molar-refractivity contribution >= 4 is 11.8 Å². The van der Waals surface area contributed by atoms with Gasteiger partial charge in [-0.05, 0) is 42.3 Å². The Labute approximate surface area is 146 Å². The maximum atomic E-state index is 13.4. The molecule has 1 atom stereocenters. The van der Waals surface area contributed by atoms with E-state index in [2.05, 4.69) is 5.32 Å². The second-order valence-corrected chi connectivity index (χ2v) is 6.05. The first-order chi connectivity index (χ1) is 12.1. The molecule has 0 unspecified atom stereocenters. The van der Waals surface area contributed by atoms with Crippen molar-refractivity contribution in [1.29, 1.82) is 0 Å². The number of ether oxygens (including phenoxy) is 1. The summed E-state index contributed by atoms with van der Waals surface area (Å²) >= 11 is 0. The molecule has 0 spiro atoms. The average molecular weight is 344 g/mol. The van der Waals surface area contributed by atoms with Gasteiger partial charge in [-0.1, -0.05) is 18.2 Å². The Balaban J connectivity index is 1.67. The summed E-state index contributed by atoms with van der Waals surface area (Å²) in [6.07, 6.45) is -0.319. The van der Waals surface area contributed by atoms with Gasteiger partial charge in [0.15, 0.2) is 0 Å². The number of benzene rings is 2. The number of halogens is 1. The number of amides is 1. The van der Waals surface area contributed by atoms with Crippen LogP contribution in [0.3, 0.4) is 0 Å². The van der Waals surface area contributed by atoms with E-state index in [0.29, 0.717) is 25.3 Å². The lowest BCUT2D eigenvalue weighted by atomic mass is 10.1. The van der Waals surface area contributed by atoms with E-state index in [0.717, 1.165) is 16.8 Å². The third-order valence-electron chi connectivity index (χ3n) is 4.34. The molecule has 2 aromatic rings. The minimum absolute atomic E-state index is 0.0428. The molecule has 0 aliphatic carbocycles. The van der Waals surface area contributed by atoms with Gasteiger partial charge < -0.3 is 15.2 Å². The van der Waals surface area contributed by atoms with Crippen LogP contribution in [0.1, 0.15) is 29.7 Å². The van der Waals surface area contributed by atoms with Gasteiger partial charge >= 0.3 is 6.09 Å². The molecule has 1 heterocycles. The molecule has 1 amide bonds. The van der Waals surface area contributed by atoms with E-state index >= 15 is 0 Å². The number of aliphatic hydroxyl groups is 1. The van der Waals surface area contributed by atoms with E-state index in [1.165, 1.54) is 6.07 Å². The van der Waals surface area contributed by atoms with Crippen LogP contribution in [-0.2, 0) is 17.9 Å². The lowest BCUT2D eigenvalue weighted by Gasteiger charge is -2.18. The van der Waals surface area contributed by atoms with Crippen molar-refractivity contribution in [3.05, 3.63) is 65.0 Å². The van der Waals surface area contributed by atoms with Gasteiger partial charge in [-0.15, -0.1) is 0 Å². The molecule has 1 aliphatic heterocycles. The Morgan fingerprint density at radius 3 is 2.88 bits per heavy atom. The van der Waals surface area contributed by atoms with Gasteiger partial charge in [0.2, 0.25) is 0 Å². The molecule has 0 saturated carbocycles. The Hall–Kier alpha value is -2.44. The molecule has 1 aliphatic rings. The van der Waals surface area contributed by atoms with Crippen molar-refractivity contribution in [3.63, 3.8) is 0 Å². The van der Waals surface area contributed by atoms with E-state index in [-0.39, 0.29) is 18.7 Å². The number of rotatable bonds is 6. The number of carbonyl (C=O) groups is 1. The maximum absolute atomic E-state index is 13.4.